The van der Waals surface area contributed by atoms with Crippen LogP contribution in [0.5, 0.6) is 0 Å². The molecular formula is C12H13BrN4O. The molecule has 0 aromatic carbocycles. The van der Waals surface area contributed by atoms with Crippen LogP contribution in [0.2, 0.25) is 0 Å². The van der Waals surface area contributed by atoms with Gasteiger partial charge >= 0.3 is 0 Å². The standard InChI is InChI=1S/C12H13BrN4O/c13-9-7-14-10-1-2-11(15-17(9)10)16-5-6-18-12(8-16)3-4-12/h1-2,7H,3-6,8H2. The highest BCUT2D eigenvalue weighted by atomic mass is 79.9. The highest BCUT2D eigenvalue weighted by Crippen LogP contribution is 2.42. The minimum atomic E-state index is 0.126. The van der Waals surface area contributed by atoms with Crippen LogP contribution in [0.4, 0.5) is 5.82 Å². The van der Waals surface area contributed by atoms with Crippen LogP contribution in [-0.4, -0.2) is 39.9 Å². The molecule has 0 amide bonds. The molecule has 2 fully saturated rings. The summed E-state index contributed by atoms with van der Waals surface area (Å²) < 4.78 is 8.53. The van der Waals surface area contributed by atoms with Gasteiger partial charge in [-0.05, 0) is 40.9 Å². The smallest absolute Gasteiger partial charge is 0.154 e. The molecule has 3 heterocycles. The summed E-state index contributed by atoms with van der Waals surface area (Å²) in [5.41, 5.74) is 0.987. The van der Waals surface area contributed by atoms with Gasteiger partial charge in [0.05, 0.1) is 18.4 Å². The second-order valence-corrected chi connectivity index (χ2v) is 5.81. The summed E-state index contributed by atoms with van der Waals surface area (Å²) in [4.78, 5) is 6.56. The molecule has 18 heavy (non-hydrogen) atoms. The van der Waals surface area contributed by atoms with E-state index in [2.05, 4.69) is 30.9 Å². The molecule has 0 atom stereocenters. The van der Waals surface area contributed by atoms with Crippen molar-refractivity contribution in [1.82, 2.24) is 14.6 Å². The SMILES string of the molecule is Brc1cnc2ccc(N3CCOC4(CC4)C3)nn12. The molecule has 0 radical (unpaired) electrons. The second-order valence-electron chi connectivity index (χ2n) is 5.00. The molecule has 0 N–H and O–H groups in total. The van der Waals surface area contributed by atoms with Crippen LogP contribution >= 0.6 is 15.9 Å². The molecule has 5 nitrogen and oxygen atoms in total. The lowest BCUT2D eigenvalue weighted by atomic mass is 10.2. The molecular weight excluding hydrogens is 296 g/mol. The van der Waals surface area contributed by atoms with Gasteiger partial charge in [0.25, 0.3) is 0 Å². The van der Waals surface area contributed by atoms with Gasteiger partial charge in [0.15, 0.2) is 5.65 Å². The summed E-state index contributed by atoms with van der Waals surface area (Å²) in [7, 11) is 0. The van der Waals surface area contributed by atoms with Crippen LogP contribution in [0, 0.1) is 0 Å². The Balaban J connectivity index is 1.70. The van der Waals surface area contributed by atoms with Crippen molar-refractivity contribution in [3.63, 3.8) is 0 Å². The van der Waals surface area contributed by atoms with Crippen molar-refractivity contribution in [2.75, 3.05) is 24.6 Å². The number of anilines is 1. The van der Waals surface area contributed by atoms with E-state index in [4.69, 9.17) is 4.74 Å². The Kier molecular flexibility index (Phi) is 2.20. The van der Waals surface area contributed by atoms with Gasteiger partial charge < -0.3 is 9.64 Å². The predicted molar refractivity (Wildman–Crippen MR) is 70.8 cm³/mol. The summed E-state index contributed by atoms with van der Waals surface area (Å²) in [6.45, 7) is 2.66. The van der Waals surface area contributed by atoms with Crippen LogP contribution in [0.15, 0.2) is 22.9 Å². The molecule has 6 heteroatoms. The summed E-state index contributed by atoms with van der Waals surface area (Å²) in [6, 6.07) is 4.04. The van der Waals surface area contributed by atoms with E-state index in [9.17, 15) is 0 Å². The first kappa shape index (κ1) is 10.8. The number of morpholine rings is 1. The van der Waals surface area contributed by atoms with Crippen LogP contribution in [-0.2, 0) is 4.74 Å². The van der Waals surface area contributed by atoms with Gasteiger partial charge in [0.2, 0.25) is 0 Å². The zero-order chi connectivity index (χ0) is 12.2. The number of nitrogens with zero attached hydrogens (tertiary/aromatic N) is 4. The predicted octanol–water partition coefficient (Wildman–Crippen LogP) is 1.86. The minimum Gasteiger partial charge on any atom is -0.371 e. The third kappa shape index (κ3) is 1.63. The third-order valence-corrected chi connectivity index (χ3v) is 4.23. The average molecular weight is 309 g/mol. The topological polar surface area (TPSA) is 42.7 Å². The van der Waals surface area contributed by atoms with Crippen molar-refractivity contribution >= 4 is 27.4 Å². The largest absolute Gasteiger partial charge is 0.371 e. The molecule has 0 bridgehead atoms. The van der Waals surface area contributed by atoms with Gasteiger partial charge in [-0.1, -0.05) is 0 Å². The normalized spacial score (nSPS) is 21.7. The van der Waals surface area contributed by atoms with Gasteiger partial charge in [-0.2, -0.15) is 0 Å². The number of halogens is 1. The first-order chi connectivity index (χ1) is 8.76. The lowest BCUT2D eigenvalue weighted by Crippen LogP contribution is -2.44. The Labute approximate surface area is 113 Å². The van der Waals surface area contributed by atoms with Crippen LogP contribution in [0.3, 0.4) is 0 Å². The van der Waals surface area contributed by atoms with Crippen molar-refractivity contribution in [2.45, 2.75) is 18.4 Å². The summed E-state index contributed by atoms with van der Waals surface area (Å²) in [5, 5.41) is 4.63. The summed E-state index contributed by atoms with van der Waals surface area (Å²) >= 11 is 3.45. The number of imidazole rings is 1. The van der Waals surface area contributed by atoms with E-state index in [-0.39, 0.29) is 5.60 Å². The molecule has 0 unspecified atom stereocenters. The lowest BCUT2D eigenvalue weighted by molar-refractivity contribution is 0.0203. The Morgan fingerprint density at radius 1 is 1.33 bits per heavy atom. The van der Waals surface area contributed by atoms with E-state index in [1.165, 1.54) is 12.8 Å². The molecule has 1 saturated carbocycles. The number of hydrogen-bond acceptors (Lipinski definition) is 4. The molecule has 4 rings (SSSR count). The van der Waals surface area contributed by atoms with Gasteiger partial charge in [0.1, 0.15) is 10.4 Å². The Bertz CT molecular complexity index is 607. The maximum Gasteiger partial charge on any atom is 0.154 e. The van der Waals surface area contributed by atoms with E-state index in [1.54, 1.807) is 6.20 Å². The van der Waals surface area contributed by atoms with Gasteiger partial charge in [-0.15, -0.1) is 5.10 Å². The Hall–Kier alpha value is -1.14. The number of rotatable bonds is 1. The maximum absolute atomic E-state index is 5.83. The number of ether oxygens (including phenoxy) is 1. The molecule has 94 valence electrons. The van der Waals surface area contributed by atoms with Crippen molar-refractivity contribution < 1.29 is 4.74 Å². The van der Waals surface area contributed by atoms with Gasteiger partial charge in [-0.3, -0.25) is 0 Å². The van der Waals surface area contributed by atoms with Crippen LogP contribution < -0.4 is 4.90 Å². The minimum absolute atomic E-state index is 0.126. The Morgan fingerprint density at radius 2 is 2.22 bits per heavy atom. The van der Waals surface area contributed by atoms with E-state index < -0.39 is 0 Å². The molecule has 2 aromatic rings. The van der Waals surface area contributed by atoms with Crippen molar-refractivity contribution in [3.05, 3.63) is 22.9 Å². The van der Waals surface area contributed by atoms with E-state index in [0.717, 1.165) is 35.8 Å². The van der Waals surface area contributed by atoms with Crippen LogP contribution in [0.25, 0.3) is 5.65 Å². The highest BCUT2D eigenvalue weighted by Gasteiger charge is 2.47. The number of fused-ring (bicyclic) bond motifs is 1. The zero-order valence-electron chi connectivity index (χ0n) is 9.84. The quantitative estimate of drug-likeness (QED) is 0.806. The van der Waals surface area contributed by atoms with Gasteiger partial charge in [-0.25, -0.2) is 9.50 Å². The second kappa shape index (κ2) is 3.68. The fourth-order valence-corrected chi connectivity index (χ4v) is 2.85. The van der Waals surface area contributed by atoms with Crippen molar-refractivity contribution in [1.29, 1.82) is 0 Å². The van der Waals surface area contributed by atoms with Crippen LogP contribution in [0.1, 0.15) is 12.8 Å². The molecule has 1 aliphatic carbocycles. The highest BCUT2D eigenvalue weighted by molar-refractivity contribution is 9.10. The maximum atomic E-state index is 5.83. The lowest BCUT2D eigenvalue weighted by Gasteiger charge is -2.33. The van der Waals surface area contributed by atoms with Gasteiger partial charge in [0, 0.05) is 13.1 Å². The molecule has 1 saturated heterocycles. The van der Waals surface area contributed by atoms with E-state index in [1.807, 2.05) is 16.6 Å². The molecule has 1 spiro atoms. The first-order valence-electron chi connectivity index (χ1n) is 6.15. The number of aromatic nitrogens is 3. The number of hydrogen-bond donors (Lipinski definition) is 0. The first-order valence-corrected chi connectivity index (χ1v) is 6.94. The van der Waals surface area contributed by atoms with E-state index in [0.29, 0.717) is 0 Å². The van der Waals surface area contributed by atoms with E-state index >= 15 is 0 Å². The molecule has 2 aliphatic rings. The Morgan fingerprint density at radius 3 is 3.06 bits per heavy atom. The summed E-state index contributed by atoms with van der Waals surface area (Å²) in [6.07, 6.45) is 4.13. The average Bonchev–Trinajstić information content (AvgIpc) is 3.04. The fourth-order valence-electron chi connectivity index (χ4n) is 2.49. The van der Waals surface area contributed by atoms with Crippen molar-refractivity contribution in [2.24, 2.45) is 0 Å². The van der Waals surface area contributed by atoms with Crippen molar-refractivity contribution in [3.8, 4) is 0 Å². The monoisotopic (exact) mass is 308 g/mol. The fraction of sp³-hybridized carbons (Fsp3) is 0.500. The zero-order valence-corrected chi connectivity index (χ0v) is 11.4. The summed E-state index contributed by atoms with van der Waals surface area (Å²) in [5.74, 6) is 0.996. The molecule has 2 aromatic heterocycles. The third-order valence-electron chi connectivity index (χ3n) is 3.69. The molecule has 1 aliphatic heterocycles.